The molecule has 2 fully saturated rings. The SMILES string of the molecule is OC[C@@H]1O[C@H](O[C@H]2[C@@H](O)[C@@H](O)[C@H](O)O[C@H]2CO)[C@H](O)[C@H](O)[C@@H]1O. The topological polar surface area (TPSA) is 190 Å². The second-order valence-corrected chi connectivity index (χ2v) is 5.53. The summed E-state index contributed by atoms with van der Waals surface area (Å²) >= 11 is 0. The lowest BCUT2D eigenvalue weighted by atomic mass is 9.97. The van der Waals surface area contributed by atoms with Crippen LogP contribution in [0.25, 0.3) is 0 Å². The maximum atomic E-state index is 9.94. The van der Waals surface area contributed by atoms with Gasteiger partial charge in [-0.2, -0.15) is 0 Å². The van der Waals surface area contributed by atoms with Gasteiger partial charge in [0.05, 0.1) is 13.2 Å². The van der Waals surface area contributed by atoms with Crippen LogP contribution in [0.2, 0.25) is 0 Å². The van der Waals surface area contributed by atoms with Gasteiger partial charge in [0.25, 0.3) is 0 Å². The predicted molar refractivity (Wildman–Crippen MR) is 68.6 cm³/mol. The van der Waals surface area contributed by atoms with Crippen molar-refractivity contribution >= 4 is 0 Å². The number of rotatable bonds is 4. The molecule has 0 aromatic rings. The first-order chi connectivity index (χ1) is 10.8. The summed E-state index contributed by atoms with van der Waals surface area (Å²) < 4.78 is 15.3. The molecule has 10 atom stereocenters. The molecule has 2 aliphatic heterocycles. The van der Waals surface area contributed by atoms with Crippen LogP contribution in [-0.2, 0) is 14.2 Å². The molecule has 0 bridgehead atoms. The first-order valence-electron chi connectivity index (χ1n) is 7.08. The van der Waals surface area contributed by atoms with E-state index in [4.69, 9.17) is 19.3 Å². The molecular weight excluding hydrogens is 320 g/mol. The Bertz CT molecular complexity index is 378. The second kappa shape index (κ2) is 7.63. The van der Waals surface area contributed by atoms with Gasteiger partial charge in [-0.1, -0.05) is 0 Å². The van der Waals surface area contributed by atoms with Crippen LogP contribution < -0.4 is 0 Å². The first kappa shape index (κ1) is 18.9. The van der Waals surface area contributed by atoms with Crippen LogP contribution in [0, 0.1) is 0 Å². The minimum absolute atomic E-state index is 0.667. The van der Waals surface area contributed by atoms with Crippen molar-refractivity contribution in [2.24, 2.45) is 0 Å². The lowest BCUT2D eigenvalue weighted by Crippen LogP contribution is -2.64. The smallest absolute Gasteiger partial charge is 0.187 e. The third-order valence-corrected chi connectivity index (χ3v) is 3.98. The Morgan fingerprint density at radius 2 is 1.26 bits per heavy atom. The van der Waals surface area contributed by atoms with Crippen LogP contribution in [0.4, 0.5) is 0 Å². The third kappa shape index (κ3) is 3.65. The van der Waals surface area contributed by atoms with E-state index in [1.165, 1.54) is 0 Å². The van der Waals surface area contributed by atoms with Gasteiger partial charge in [0, 0.05) is 0 Å². The van der Waals surface area contributed by atoms with E-state index in [1.807, 2.05) is 0 Å². The standard InChI is InChI=1S/C12H22O11/c13-1-3-5(15)6(16)9(19)12(22-3)23-10-4(2-14)21-11(20)8(18)7(10)17/h3-20H,1-2H2/t3-,4-,5+,6+,7-,8+,9+,10+,11+,12+/m0/s1. The molecule has 2 rings (SSSR count). The predicted octanol–water partition coefficient (Wildman–Crippen LogP) is -5.40. The van der Waals surface area contributed by atoms with Crippen molar-refractivity contribution in [1.82, 2.24) is 0 Å². The zero-order valence-corrected chi connectivity index (χ0v) is 12.0. The van der Waals surface area contributed by atoms with Gasteiger partial charge in [0.15, 0.2) is 12.6 Å². The van der Waals surface area contributed by atoms with Gasteiger partial charge < -0.3 is 55.1 Å². The number of ether oxygens (including phenoxy) is 3. The van der Waals surface area contributed by atoms with Gasteiger partial charge in [-0.3, -0.25) is 0 Å². The molecule has 0 spiro atoms. The van der Waals surface area contributed by atoms with Crippen molar-refractivity contribution in [1.29, 1.82) is 0 Å². The van der Waals surface area contributed by atoms with Gasteiger partial charge in [-0.25, -0.2) is 0 Å². The highest BCUT2D eigenvalue weighted by atomic mass is 16.7. The highest BCUT2D eigenvalue weighted by Crippen LogP contribution is 2.28. The van der Waals surface area contributed by atoms with Crippen molar-refractivity contribution in [3.05, 3.63) is 0 Å². The lowest BCUT2D eigenvalue weighted by molar-refractivity contribution is -0.355. The van der Waals surface area contributed by atoms with E-state index in [2.05, 4.69) is 0 Å². The largest absolute Gasteiger partial charge is 0.394 e. The fourth-order valence-electron chi connectivity index (χ4n) is 2.57. The molecule has 136 valence electrons. The molecule has 8 N–H and O–H groups in total. The summed E-state index contributed by atoms with van der Waals surface area (Å²) in [5.74, 6) is 0. The quantitative estimate of drug-likeness (QED) is 0.243. The molecule has 11 heteroatoms. The Balaban J connectivity index is 2.11. The number of aliphatic hydroxyl groups excluding tert-OH is 8. The number of aliphatic hydroxyl groups is 8. The Labute approximate surface area is 130 Å². The maximum absolute atomic E-state index is 9.94. The molecule has 23 heavy (non-hydrogen) atoms. The summed E-state index contributed by atoms with van der Waals surface area (Å²) in [7, 11) is 0. The average molecular weight is 342 g/mol. The summed E-state index contributed by atoms with van der Waals surface area (Å²) in [5, 5.41) is 76.5. The molecule has 0 aliphatic carbocycles. The van der Waals surface area contributed by atoms with E-state index < -0.39 is 74.6 Å². The van der Waals surface area contributed by atoms with Gasteiger partial charge >= 0.3 is 0 Å². The van der Waals surface area contributed by atoms with E-state index in [0.717, 1.165) is 0 Å². The molecule has 0 amide bonds. The van der Waals surface area contributed by atoms with Crippen LogP contribution in [-0.4, -0.2) is 115 Å². The third-order valence-electron chi connectivity index (χ3n) is 3.98. The molecule has 0 saturated carbocycles. The molecule has 0 radical (unpaired) electrons. The van der Waals surface area contributed by atoms with E-state index in [0.29, 0.717) is 0 Å². The van der Waals surface area contributed by atoms with Crippen LogP contribution in [0.5, 0.6) is 0 Å². The van der Waals surface area contributed by atoms with Crippen LogP contribution in [0.3, 0.4) is 0 Å². The van der Waals surface area contributed by atoms with Crippen LogP contribution in [0.1, 0.15) is 0 Å². The Morgan fingerprint density at radius 1 is 0.652 bits per heavy atom. The van der Waals surface area contributed by atoms with Crippen LogP contribution >= 0.6 is 0 Å². The summed E-state index contributed by atoms with van der Waals surface area (Å²) in [6.07, 6.45) is -15.6. The van der Waals surface area contributed by atoms with E-state index in [-0.39, 0.29) is 0 Å². The van der Waals surface area contributed by atoms with E-state index >= 15 is 0 Å². The van der Waals surface area contributed by atoms with Crippen molar-refractivity contribution in [2.45, 2.75) is 61.4 Å². The highest BCUT2D eigenvalue weighted by Gasteiger charge is 2.50. The van der Waals surface area contributed by atoms with Crippen LogP contribution in [0.15, 0.2) is 0 Å². The van der Waals surface area contributed by atoms with Gasteiger partial charge in [0.2, 0.25) is 0 Å². The average Bonchev–Trinajstić information content (AvgIpc) is 2.55. The van der Waals surface area contributed by atoms with E-state index in [1.54, 1.807) is 0 Å². The summed E-state index contributed by atoms with van der Waals surface area (Å²) in [6, 6.07) is 0. The molecule has 2 aliphatic rings. The van der Waals surface area contributed by atoms with Crippen molar-refractivity contribution in [2.75, 3.05) is 13.2 Å². The van der Waals surface area contributed by atoms with Gasteiger partial charge in [-0.15, -0.1) is 0 Å². The molecule has 0 unspecified atom stereocenters. The van der Waals surface area contributed by atoms with E-state index in [9.17, 15) is 35.7 Å². The minimum atomic E-state index is -1.74. The molecule has 11 nitrogen and oxygen atoms in total. The fourth-order valence-corrected chi connectivity index (χ4v) is 2.57. The summed E-state index contributed by atoms with van der Waals surface area (Å²) in [5.41, 5.74) is 0. The van der Waals surface area contributed by atoms with Crippen molar-refractivity contribution < 1.29 is 55.1 Å². The highest BCUT2D eigenvalue weighted by molar-refractivity contribution is 4.93. The number of hydrogen-bond donors (Lipinski definition) is 8. The lowest BCUT2D eigenvalue weighted by Gasteiger charge is -2.45. The first-order valence-corrected chi connectivity index (χ1v) is 7.08. The molecule has 2 heterocycles. The molecule has 0 aromatic carbocycles. The number of hydrogen-bond acceptors (Lipinski definition) is 11. The normalized spacial score (nSPS) is 51.7. The zero-order chi connectivity index (χ0) is 17.3. The molecular formula is C12H22O11. The minimum Gasteiger partial charge on any atom is -0.394 e. The van der Waals surface area contributed by atoms with Crippen molar-refractivity contribution in [3.8, 4) is 0 Å². The van der Waals surface area contributed by atoms with Gasteiger partial charge in [-0.05, 0) is 0 Å². The summed E-state index contributed by atoms with van der Waals surface area (Å²) in [6.45, 7) is -1.35. The Morgan fingerprint density at radius 3 is 1.83 bits per heavy atom. The maximum Gasteiger partial charge on any atom is 0.187 e. The monoisotopic (exact) mass is 342 g/mol. The second-order valence-electron chi connectivity index (χ2n) is 5.53. The zero-order valence-electron chi connectivity index (χ0n) is 12.0. The molecule has 2 saturated heterocycles. The van der Waals surface area contributed by atoms with Gasteiger partial charge in [0.1, 0.15) is 48.8 Å². The Kier molecular flexibility index (Phi) is 6.27. The summed E-state index contributed by atoms with van der Waals surface area (Å²) in [4.78, 5) is 0. The van der Waals surface area contributed by atoms with Crippen molar-refractivity contribution in [3.63, 3.8) is 0 Å². The fraction of sp³-hybridized carbons (Fsp3) is 1.00. The molecule has 0 aromatic heterocycles. The Hall–Kier alpha value is -0.440.